The van der Waals surface area contributed by atoms with Crippen LogP contribution in [0, 0.1) is 0 Å². The van der Waals surface area contributed by atoms with Gasteiger partial charge in [0.05, 0.1) is 4.90 Å². The summed E-state index contributed by atoms with van der Waals surface area (Å²) in [4.78, 5) is 10.4. The maximum atomic E-state index is 10.9. The van der Waals surface area contributed by atoms with Gasteiger partial charge in [-0.2, -0.15) is 0 Å². The molecule has 0 aromatic heterocycles. The molecule has 0 aliphatic carbocycles. The maximum Gasteiger partial charge on any atom is 1.00 e. The van der Waals surface area contributed by atoms with Gasteiger partial charge in [0.25, 0.3) is 0 Å². The van der Waals surface area contributed by atoms with Crippen LogP contribution in [0.5, 0.6) is 0 Å². The molecule has 4 nitrogen and oxygen atoms in total. The third-order valence-electron chi connectivity index (χ3n) is 2.32. The first kappa shape index (κ1) is 14.3. The Morgan fingerprint density at radius 2 is 1.71 bits per heavy atom. The van der Waals surface area contributed by atoms with Crippen molar-refractivity contribution in [2.75, 3.05) is 0 Å². The van der Waals surface area contributed by atoms with Gasteiger partial charge in [0.1, 0.15) is 10.1 Å². The second-order valence-corrected chi connectivity index (χ2v) is 4.62. The second kappa shape index (κ2) is 5.29. The van der Waals surface area contributed by atoms with E-state index in [0.717, 1.165) is 11.5 Å². The number of benzene rings is 2. The smallest absolute Gasteiger partial charge is 0.744 e. The first-order chi connectivity index (χ1) is 7.54. The van der Waals surface area contributed by atoms with Crippen LogP contribution in [0.2, 0.25) is 0 Å². The summed E-state index contributed by atoms with van der Waals surface area (Å²) in [5.74, 6) is 0. The number of hydrogen-bond donors (Lipinski definition) is 0. The van der Waals surface area contributed by atoms with Crippen LogP contribution in [0.15, 0.2) is 41.3 Å². The minimum atomic E-state index is -4.62. The monoisotopic (exact) mass is 258 g/mol. The van der Waals surface area contributed by atoms with E-state index < -0.39 is 15.0 Å². The standard InChI is InChI=1S/C11H8O4S.Na/c12-7-10-9-4-2-1-3-8(9)5-6-11(10)16(13,14)15;/h1-7H,(H,13,14,15);/q;+1/p-1. The number of fused-ring (bicyclic) bond motifs is 1. The molecule has 2 aromatic rings. The number of aldehydes is 1. The normalized spacial score (nSPS) is 10.9. The zero-order chi connectivity index (χ0) is 11.8. The molecule has 0 fully saturated rings. The van der Waals surface area contributed by atoms with Crippen molar-refractivity contribution in [2.24, 2.45) is 0 Å². The van der Waals surface area contributed by atoms with Crippen LogP contribution < -0.4 is 29.6 Å². The number of hydrogen-bond acceptors (Lipinski definition) is 4. The van der Waals surface area contributed by atoms with Crippen LogP contribution in [0.1, 0.15) is 10.4 Å². The molecule has 2 rings (SSSR count). The quantitative estimate of drug-likeness (QED) is 0.376. The zero-order valence-corrected chi connectivity index (χ0v) is 11.9. The Bertz CT molecular complexity index is 664. The summed E-state index contributed by atoms with van der Waals surface area (Å²) in [6, 6.07) is 9.46. The first-order valence-electron chi connectivity index (χ1n) is 4.47. The molecular formula is C11H7NaO4S. The Balaban J connectivity index is 0.00000144. The molecule has 0 aliphatic heterocycles. The molecule has 0 saturated carbocycles. The van der Waals surface area contributed by atoms with Gasteiger partial charge in [0.15, 0.2) is 6.29 Å². The summed E-state index contributed by atoms with van der Waals surface area (Å²) in [5, 5.41) is 1.19. The van der Waals surface area contributed by atoms with Gasteiger partial charge in [-0.15, -0.1) is 0 Å². The van der Waals surface area contributed by atoms with Crippen molar-refractivity contribution in [3.63, 3.8) is 0 Å². The molecule has 0 heterocycles. The second-order valence-electron chi connectivity index (χ2n) is 3.27. The molecule has 0 unspecified atom stereocenters. The number of carbonyl (C=O) groups is 1. The molecule has 2 aromatic carbocycles. The van der Waals surface area contributed by atoms with E-state index in [1.807, 2.05) is 0 Å². The van der Waals surface area contributed by atoms with Crippen molar-refractivity contribution in [3.05, 3.63) is 42.0 Å². The van der Waals surface area contributed by atoms with Crippen molar-refractivity contribution in [1.29, 1.82) is 0 Å². The SMILES string of the molecule is O=Cc1c(S(=O)(=O)[O-])ccc2ccccc12.[Na+]. The topological polar surface area (TPSA) is 74.3 Å². The van der Waals surface area contributed by atoms with Crippen LogP contribution in [0.4, 0.5) is 0 Å². The minimum Gasteiger partial charge on any atom is -0.744 e. The van der Waals surface area contributed by atoms with E-state index in [2.05, 4.69) is 0 Å². The zero-order valence-electron chi connectivity index (χ0n) is 9.08. The van der Waals surface area contributed by atoms with Gasteiger partial charge in [-0.3, -0.25) is 4.79 Å². The minimum absolute atomic E-state index is 0. The Hall–Kier alpha value is -0.720. The molecule has 6 heteroatoms. The Morgan fingerprint density at radius 1 is 1.06 bits per heavy atom. The van der Waals surface area contributed by atoms with Crippen LogP contribution in [0.25, 0.3) is 10.8 Å². The van der Waals surface area contributed by atoms with Crippen LogP contribution >= 0.6 is 0 Å². The third-order valence-corrected chi connectivity index (χ3v) is 3.21. The number of carbonyl (C=O) groups excluding carboxylic acids is 1. The molecule has 82 valence electrons. The molecule has 0 N–H and O–H groups in total. The summed E-state index contributed by atoms with van der Waals surface area (Å²) in [6.45, 7) is 0. The van der Waals surface area contributed by atoms with Gasteiger partial charge < -0.3 is 4.55 Å². The van der Waals surface area contributed by atoms with Gasteiger partial charge in [-0.1, -0.05) is 30.3 Å². The van der Waals surface area contributed by atoms with Crippen LogP contribution in [-0.4, -0.2) is 19.3 Å². The summed E-state index contributed by atoms with van der Waals surface area (Å²) in [5.41, 5.74) is -0.0758. The van der Waals surface area contributed by atoms with E-state index in [1.165, 1.54) is 6.07 Å². The predicted molar refractivity (Wildman–Crippen MR) is 57.3 cm³/mol. The molecule has 0 atom stereocenters. The third kappa shape index (κ3) is 2.75. The molecule has 0 saturated heterocycles. The average molecular weight is 258 g/mol. The number of rotatable bonds is 2. The summed E-state index contributed by atoms with van der Waals surface area (Å²) in [6.07, 6.45) is 0.396. The van der Waals surface area contributed by atoms with Gasteiger partial charge in [0.2, 0.25) is 0 Å². The molecule has 0 aliphatic rings. The van der Waals surface area contributed by atoms with Crippen molar-refractivity contribution >= 4 is 27.2 Å². The Labute approximate surface area is 121 Å². The Morgan fingerprint density at radius 3 is 2.29 bits per heavy atom. The first-order valence-corrected chi connectivity index (χ1v) is 5.87. The van der Waals surface area contributed by atoms with Crippen LogP contribution in [-0.2, 0) is 10.1 Å². The van der Waals surface area contributed by atoms with Gasteiger partial charge in [0, 0.05) is 5.56 Å². The van der Waals surface area contributed by atoms with E-state index in [1.54, 1.807) is 24.3 Å². The van der Waals surface area contributed by atoms with Gasteiger partial charge in [-0.05, 0) is 16.8 Å². The predicted octanol–water partition coefficient (Wildman–Crippen LogP) is -1.44. The van der Waals surface area contributed by atoms with Crippen molar-refractivity contribution in [1.82, 2.24) is 0 Å². The molecule has 17 heavy (non-hydrogen) atoms. The van der Waals surface area contributed by atoms with E-state index in [0.29, 0.717) is 11.7 Å². The fraction of sp³-hybridized carbons (Fsp3) is 0. The van der Waals surface area contributed by atoms with E-state index >= 15 is 0 Å². The fourth-order valence-electron chi connectivity index (χ4n) is 1.62. The average Bonchev–Trinajstić information content (AvgIpc) is 2.26. The largest absolute Gasteiger partial charge is 1.00 e. The molecule has 0 amide bonds. The van der Waals surface area contributed by atoms with Crippen molar-refractivity contribution in [2.45, 2.75) is 4.90 Å². The summed E-state index contributed by atoms with van der Waals surface area (Å²) < 4.78 is 32.8. The van der Waals surface area contributed by atoms with E-state index in [-0.39, 0.29) is 35.1 Å². The Kier molecular flexibility index (Phi) is 4.46. The fourth-order valence-corrected chi connectivity index (χ4v) is 2.28. The maximum absolute atomic E-state index is 10.9. The molecule has 0 spiro atoms. The summed E-state index contributed by atoms with van der Waals surface area (Å²) >= 11 is 0. The van der Waals surface area contributed by atoms with Crippen molar-refractivity contribution in [3.8, 4) is 0 Å². The summed E-state index contributed by atoms with van der Waals surface area (Å²) in [7, 11) is -4.62. The van der Waals surface area contributed by atoms with Crippen LogP contribution in [0.3, 0.4) is 0 Å². The van der Waals surface area contributed by atoms with Gasteiger partial charge >= 0.3 is 29.6 Å². The molecule has 0 radical (unpaired) electrons. The van der Waals surface area contributed by atoms with E-state index in [4.69, 9.17) is 0 Å². The molecular weight excluding hydrogens is 251 g/mol. The van der Waals surface area contributed by atoms with E-state index in [9.17, 15) is 17.8 Å². The molecule has 0 bridgehead atoms. The van der Waals surface area contributed by atoms with Gasteiger partial charge in [-0.25, -0.2) is 8.42 Å². The van der Waals surface area contributed by atoms with Crippen molar-refractivity contribution < 1.29 is 47.3 Å².